The molecule has 0 bridgehead atoms. The van der Waals surface area contributed by atoms with E-state index in [1.165, 1.54) is 0 Å². The van der Waals surface area contributed by atoms with E-state index in [1.54, 1.807) is 7.11 Å². The molecule has 0 saturated carbocycles. The van der Waals surface area contributed by atoms with Gasteiger partial charge in [0, 0.05) is 22.7 Å². The molecule has 0 aromatic heterocycles. The number of carbonyl (C=O) groups excluding carboxylic acids is 1. The highest BCUT2D eigenvalue weighted by Crippen LogP contribution is 2.27. The van der Waals surface area contributed by atoms with Crippen molar-refractivity contribution < 1.29 is 9.53 Å². The van der Waals surface area contributed by atoms with Crippen LogP contribution in [0.4, 0.5) is 5.69 Å². The van der Waals surface area contributed by atoms with E-state index in [0.29, 0.717) is 17.0 Å². The lowest BCUT2D eigenvalue weighted by Crippen LogP contribution is -2.15. The first-order valence-electron chi connectivity index (χ1n) is 8.40. The minimum Gasteiger partial charge on any atom is -0.497 e. The molecular weight excluding hydrogens is 346 g/mol. The van der Waals surface area contributed by atoms with Crippen LogP contribution in [-0.4, -0.2) is 12.9 Å². The molecule has 0 saturated heterocycles. The maximum Gasteiger partial charge on any atom is 0.165 e. The summed E-state index contributed by atoms with van der Waals surface area (Å²) >= 11 is 5.97. The summed E-state index contributed by atoms with van der Waals surface area (Å²) in [6.07, 6.45) is 0.346. The Morgan fingerprint density at radius 2 is 1.62 bits per heavy atom. The van der Waals surface area contributed by atoms with E-state index in [9.17, 15) is 4.79 Å². The highest BCUT2D eigenvalue weighted by atomic mass is 35.5. The molecule has 26 heavy (non-hydrogen) atoms. The van der Waals surface area contributed by atoms with Gasteiger partial charge in [0.05, 0.1) is 13.2 Å². The van der Waals surface area contributed by atoms with Gasteiger partial charge in [-0.05, 0) is 42.0 Å². The summed E-state index contributed by atoms with van der Waals surface area (Å²) in [5.41, 5.74) is 2.64. The van der Waals surface area contributed by atoms with Gasteiger partial charge in [0.2, 0.25) is 0 Å². The Morgan fingerprint density at radius 3 is 2.23 bits per heavy atom. The molecule has 1 unspecified atom stereocenters. The van der Waals surface area contributed by atoms with Crippen LogP contribution in [0.25, 0.3) is 0 Å². The maximum absolute atomic E-state index is 12.7. The molecule has 0 radical (unpaired) electrons. The number of methoxy groups -OCH3 is 1. The van der Waals surface area contributed by atoms with Crippen LogP contribution in [0.1, 0.15) is 28.4 Å². The topological polar surface area (TPSA) is 38.3 Å². The Labute approximate surface area is 158 Å². The van der Waals surface area contributed by atoms with Gasteiger partial charge in [0.25, 0.3) is 0 Å². The Kier molecular flexibility index (Phi) is 5.92. The third-order valence-corrected chi connectivity index (χ3v) is 4.44. The first kappa shape index (κ1) is 18.0. The van der Waals surface area contributed by atoms with Crippen molar-refractivity contribution in [2.45, 2.75) is 12.5 Å². The van der Waals surface area contributed by atoms with Crippen molar-refractivity contribution in [1.29, 1.82) is 0 Å². The third-order valence-electron chi connectivity index (χ3n) is 4.19. The predicted octanol–water partition coefficient (Wildman–Crippen LogP) is 5.77. The SMILES string of the molecule is COc1ccc(C(CC(=O)c2ccccc2)Nc2ccc(Cl)cc2)cc1. The number of carbonyl (C=O) groups is 1. The van der Waals surface area contributed by atoms with Crippen molar-refractivity contribution in [3.05, 3.63) is 95.0 Å². The molecule has 3 rings (SSSR count). The number of anilines is 1. The van der Waals surface area contributed by atoms with Crippen LogP contribution in [0.5, 0.6) is 5.75 Å². The van der Waals surface area contributed by atoms with Crippen molar-refractivity contribution in [1.82, 2.24) is 0 Å². The van der Waals surface area contributed by atoms with Crippen LogP contribution >= 0.6 is 11.6 Å². The molecular formula is C22H20ClNO2. The number of hydrogen-bond donors (Lipinski definition) is 1. The van der Waals surface area contributed by atoms with Crippen LogP contribution in [0, 0.1) is 0 Å². The minimum absolute atomic E-state index is 0.0906. The van der Waals surface area contributed by atoms with Crippen LogP contribution < -0.4 is 10.1 Å². The summed E-state index contributed by atoms with van der Waals surface area (Å²) in [5, 5.41) is 4.12. The standard InChI is InChI=1S/C22H20ClNO2/c1-26-20-13-7-16(8-14-20)21(24-19-11-9-18(23)10-12-19)15-22(25)17-5-3-2-4-6-17/h2-14,21,24H,15H2,1H3. The monoisotopic (exact) mass is 365 g/mol. The molecule has 0 aliphatic rings. The summed E-state index contributed by atoms with van der Waals surface area (Å²) in [4.78, 5) is 12.7. The first-order chi connectivity index (χ1) is 12.7. The quantitative estimate of drug-likeness (QED) is 0.540. The third kappa shape index (κ3) is 4.64. The zero-order chi connectivity index (χ0) is 18.4. The van der Waals surface area contributed by atoms with E-state index in [4.69, 9.17) is 16.3 Å². The number of nitrogens with one attached hydrogen (secondary N) is 1. The van der Waals surface area contributed by atoms with E-state index in [1.807, 2.05) is 78.9 Å². The van der Waals surface area contributed by atoms with Crippen molar-refractivity contribution >= 4 is 23.1 Å². The number of rotatable bonds is 7. The van der Waals surface area contributed by atoms with Crippen molar-refractivity contribution in [3.8, 4) is 5.75 Å². The first-order valence-corrected chi connectivity index (χ1v) is 8.78. The van der Waals surface area contributed by atoms with Crippen molar-refractivity contribution in [3.63, 3.8) is 0 Å². The van der Waals surface area contributed by atoms with Crippen molar-refractivity contribution in [2.24, 2.45) is 0 Å². The molecule has 0 fully saturated rings. The Bertz CT molecular complexity index is 846. The minimum atomic E-state index is -0.158. The van der Waals surface area contributed by atoms with Gasteiger partial charge < -0.3 is 10.1 Å². The second kappa shape index (κ2) is 8.54. The van der Waals surface area contributed by atoms with Gasteiger partial charge in [-0.3, -0.25) is 4.79 Å². The van der Waals surface area contributed by atoms with E-state index < -0.39 is 0 Å². The van der Waals surface area contributed by atoms with Crippen LogP contribution in [0.3, 0.4) is 0 Å². The number of benzene rings is 3. The molecule has 4 heteroatoms. The molecule has 3 aromatic rings. The van der Waals surface area contributed by atoms with Gasteiger partial charge in [-0.15, -0.1) is 0 Å². The summed E-state index contributed by atoms with van der Waals surface area (Å²) in [5.74, 6) is 0.876. The lowest BCUT2D eigenvalue weighted by molar-refractivity contribution is 0.0976. The molecule has 0 aliphatic carbocycles. The zero-order valence-corrected chi connectivity index (χ0v) is 15.2. The Balaban J connectivity index is 1.84. The molecule has 0 amide bonds. The lowest BCUT2D eigenvalue weighted by atomic mass is 9.97. The van der Waals surface area contributed by atoms with E-state index in [0.717, 1.165) is 17.0 Å². The van der Waals surface area contributed by atoms with Crippen LogP contribution in [-0.2, 0) is 0 Å². The second-order valence-corrected chi connectivity index (χ2v) is 6.41. The van der Waals surface area contributed by atoms with Gasteiger partial charge in [-0.1, -0.05) is 54.1 Å². The van der Waals surface area contributed by atoms with E-state index >= 15 is 0 Å². The van der Waals surface area contributed by atoms with E-state index in [-0.39, 0.29) is 11.8 Å². The Hall–Kier alpha value is -2.78. The Morgan fingerprint density at radius 1 is 0.962 bits per heavy atom. The molecule has 1 atom stereocenters. The summed E-state index contributed by atoms with van der Waals surface area (Å²) < 4.78 is 5.23. The highest BCUT2D eigenvalue weighted by Gasteiger charge is 2.17. The number of ether oxygens (including phenoxy) is 1. The number of hydrogen-bond acceptors (Lipinski definition) is 3. The lowest BCUT2D eigenvalue weighted by Gasteiger charge is -2.20. The fourth-order valence-corrected chi connectivity index (χ4v) is 2.89. The van der Waals surface area contributed by atoms with Crippen molar-refractivity contribution in [2.75, 3.05) is 12.4 Å². The van der Waals surface area contributed by atoms with Gasteiger partial charge in [-0.2, -0.15) is 0 Å². The normalized spacial score (nSPS) is 11.6. The summed E-state index contributed by atoms with van der Waals surface area (Å²) in [6.45, 7) is 0. The number of halogens is 1. The molecule has 0 heterocycles. The largest absolute Gasteiger partial charge is 0.497 e. The van der Waals surface area contributed by atoms with Crippen LogP contribution in [0.2, 0.25) is 5.02 Å². The maximum atomic E-state index is 12.7. The fraction of sp³-hybridized carbons (Fsp3) is 0.136. The molecule has 0 aliphatic heterocycles. The highest BCUT2D eigenvalue weighted by molar-refractivity contribution is 6.30. The van der Waals surface area contributed by atoms with Gasteiger partial charge in [-0.25, -0.2) is 0 Å². The summed E-state index contributed by atoms with van der Waals surface area (Å²) in [7, 11) is 1.64. The van der Waals surface area contributed by atoms with E-state index in [2.05, 4.69) is 5.32 Å². The van der Waals surface area contributed by atoms with Crippen LogP contribution in [0.15, 0.2) is 78.9 Å². The molecule has 3 nitrogen and oxygen atoms in total. The van der Waals surface area contributed by atoms with Gasteiger partial charge in [0.1, 0.15) is 5.75 Å². The zero-order valence-electron chi connectivity index (χ0n) is 14.5. The second-order valence-electron chi connectivity index (χ2n) is 5.97. The average molecular weight is 366 g/mol. The predicted molar refractivity (Wildman–Crippen MR) is 106 cm³/mol. The smallest absolute Gasteiger partial charge is 0.165 e. The molecule has 1 N–H and O–H groups in total. The summed E-state index contributed by atoms with van der Waals surface area (Å²) in [6, 6.07) is 24.4. The molecule has 3 aromatic carbocycles. The number of Topliss-reactive ketones (excluding diaryl/α,β-unsaturated/α-hetero) is 1. The number of ketones is 1. The molecule has 0 spiro atoms. The van der Waals surface area contributed by atoms with Gasteiger partial charge >= 0.3 is 0 Å². The molecule has 132 valence electrons. The van der Waals surface area contributed by atoms with Gasteiger partial charge in [0.15, 0.2) is 5.78 Å². The fourth-order valence-electron chi connectivity index (χ4n) is 2.76. The average Bonchev–Trinajstić information content (AvgIpc) is 2.70.